The van der Waals surface area contributed by atoms with Crippen LogP contribution < -0.4 is 5.32 Å². The van der Waals surface area contributed by atoms with Gasteiger partial charge in [0.05, 0.1) is 10.3 Å². The molecule has 1 unspecified atom stereocenters. The van der Waals surface area contributed by atoms with Crippen LogP contribution in [-0.4, -0.2) is 16.7 Å². The van der Waals surface area contributed by atoms with Crippen molar-refractivity contribution < 1.29 is 14.5 Å². The van der Waals surface area contributed by atoms with Gasteiger partial charge in [-0.2, -0.15) is 5.32 Å². The standard InChI is InChI=1S/C12H11N2O4/c1-2-12(7-10(15)13-11(12)16)8-3-5-9(6-4-8)14(17)18/h3-6H,2,7H2,1H3. The first-order valence-electron chi connectivity index (χ1n) is 5.53. The van der Waals surface area contributed by atoms with E-state index in [9.17, 15) is 19.7 Å². The number of hydrogen-bond acceptors (Lipinski definition) is 4. The summed E-state index contributed by atoms with van der Waals surface area (Å²) in [6.07, 6.45) is 0.485. The van der Waals surface area contributed by atoms with Crippen molar-refractivity contribution in [2.75, 3.05) is 0 Å². The zero-order chi connectivity index (χ0) is 13.3. The number of carbonyl (C=O) groups is 2. The maximum absolute atomic E-state index is 11.8. The molecular formula is C12H11N2O4. The molecule has 6 nitrogen and oxygen atoms in total. The molecule has 0 aromatic heterocycles. The van der Waals surface area contributed by atoms with E-state index in [1.807, 2.05) is 0 Å². The molecule has 0 N–H and O–H groups in total. The molecule has 1 heterocycles. The van der Waals surface area contributed by atoms with Gasteiger partial charge in [0.1, 0.15) is 0 Å². The van der Waals surface area contributed by atoms with E-state index in [1.54, 1.807) is 6.92 Å². The second kappa shape index (κ2) is 4.21. The van der Waals surface area contributed by atoms with E-state index in [0.29, 0.717) is 12.0 Å². The SMILES string of the molecule is CCC1(c2ccc([N+](=O)[O-])cc2)CC(=O)[N]C1=O. The van der Waals surface area contributed by atoms with Crippen LogP contribution in [-0.2, 0) is 15.0 Å². The first-order chi connectivity index (χ1) is 8.49. The third kappa shape index (κ3) is 1.75. The Bertz CT molecular complexity index is 523. The average molecular weight is 247 g/mol. The topological polar surface area (TPSA) is 91.4 Å². The lowest BCUT2D eigenvalue weighted by molar-refractivity contribution is -0.384. The Labute approximate surface area is 103 Å². The highest BCUT2D eigenvalue weighted by Gasteiger charge is 2.48. The number of non-ortho nitro benzene ring substituents is 1. The Hall–Kier alpha value is -2.24. The van der Waals surface area contributed by atoms with Crippen LogP contribution >= 0.6 is 0 Å². The molecule has 0 saturated carbocycles. The minimum Gasteiger partial charge on any atom is -0.272 e. The molecule has 1 aliphatic heterocycles. The molecular weight excluding hydrogens is 236 g/mol. The van der Waals surface area contributed by atoms with E-state index in [0.717, 1.165) is 0 Å². The number of amides is 2. The first-order valence-corrected chi connectivity index (χ1v) is 5.53. The van der Waals surface area contributed by atoms with Crippen LogP contribution in [0.2, 0.25) is 0 Å². The number of rotatable bonds is 3. The number of nitro groups is 1. The number of imide groups is 1. The van der Waals surface area contributed by atoms with Crippen LogP contribution in [0.15, 0.2) is 24.3 Å². The normalized spacial score (nSPS) is 22.9. The largest absolute Gasteiger partial charge is 0.272 e. The molecule has 1 aromatic carbocycles. The molecule has 18 heavy (non-hydrogen) atoms. The number of hydrogen-bond donors (Lipinski definition) is 0. The van der Waals surface area contributed by atoms with Crippen LogP contribution in [0.1, 0.15) is 25.3 Å². The number of benzene rings is 1. The fourth-order valence-corrected chi connectivity index (χ4v) is 2.20. The summed E-state index contributed by atoms with van der Waals surface area (Å²) in [4.78, 5) is 33.2. The van der Waals surface area contributed by atoms with Gasteiger partial charge in [0, 0.05) is 18.6 Å². The van der Waals surface area contributed by atoms with Crippen LogP contribution in [0.4, 0.5) is 5.69 Å². The molecule has 0 bridgehead atoms. The smallest absolute Gasteiger partial charge is 0.269 e. The zero-order valence-corrected chi connectivity index (χ0v) is 9.75. The summed E-state index contributed by atoms with van der Waals surface area (Å²) in [6.45, 7) is 1.80. The molecule has 0 spiro atoms. The Morgan fingerprint density at radius 1 is 1.33 bits per heavy atom. The average Bonchev–Trinajstić information content (AvgIpc) is 2.65. The third-order valence-corrected chi connectivity index (χ3v) is 3.32. The summed E-state index contributed by atoms with van der Waals surface area (Å²) in [5.74, 6) is -0.885. The van der Waals surface area contributed by atoms with Gasteiger partial charge in [0.2, 0.25) is 5.91 Å². The van der Waals surface area contributed by atoms with Crippen molar-refractivity contribution in [2.45, 2.75) is 25.2 Å². The predicted octanol–water partition coefficient (Wildman–Crippen LogP) is 1.30. The molecule has 6 heteroatoms. The highest BCUT2D eigenvalue weighted by atomic mass is 16.6. The Balaban J connectivity index is 2.42. The molecule has 1 radical (unpaired) electrons. The van der Waals surface area contributed by atoms with Crippen molar-refractivity contribution in [3.05, 3.63) is 39.9 Å². The van der Waals surface area contributed by atoms with Crippen molar-refractivity contribution in [3.8, 4) is 0 Å². The molecule has 93 valence electrons. The molecule has 1 atom stereocenters. The van der Waals surface area contributed by atoms with Gasteiger partial charge in [-0.3, -0.25) is 19.7 Å². The molecule has 1 saturated heterocycles. The lowest BCUT2D eigenvalue weighted by atomic mass is 9.76. The fraction of sp³-hybridized carbons (Fsp3) is 0.333. The van der Waals surface area contributed by atoms with Crippen LogP contribution in [0.25, 0.3) is 0 Å². The number of carbonyl (C=O) groups excluding carboxylic acids is 2. The van der Waals surface area contributed by atoms with E-state index in [2.05, 4.69) is 5.32 Å². The van der Waals surface area contributed by atoms with Crippen LogP contribution in [0, 0.1) is 10.1 Å². The lowest BCUT2D eigenvalue weighted by Gasteiger charge is -2.23. The van der Waals surface area contributed by atoms with Gasteiger partial charge < -0.3 is 0 Å². The van der Waals surface area contributed by atoms with Gasteiger partial charge in [-0.15, -0.1) is 0 Å². The summed E-state index contributed by atoms with van der Waals surface area (Å²) in [5, 5.41) is 14.0. The summed E-state index contributed by atoms with van der Waals surface area (Å²) in [6, 6.07) is 5.72. The van der Waals surface area contributed by atoms with Gasteiger partial charge in [-0.1, -0.05) is 19.1 Å². The van der Waals surface area contributed by atoms with Gasteiger partial charge >= 0.3 is 0 Å². The van der Waals surface area contributed by atoms with Gasteiger partial charge in [-0.05, 0) is 12.0 Å². The second-order valence-electron chi connectivity index (χ2n) is 4.23. The zero-order valence-electron chi connectivity index (χ0n) is 9.75. The summed E-state index contributed by atoms with van der Waals surface area (Å²) in [5.41, 5.74) is -0.374. The third-order valence-electron chi connectivity index (χ3n) is 3.32. The van der Waals surface area contributed by atoms with Crippen LogP contribution in [0.5, 0.6) is 0 Å². The highest BCUT2D eigenvalue weighted by molar-refractivity contribution is 6.08. The minimum atomic E-state index is -0.938. The number of nitrogens with zero attached hydrogens (tertiary/aromatic N) is 2. The summed E-state index contributed by atoms with van der Waals surface area (Å²) >= 11 is 0. The highest BCUT2D eigenvalue weighted by Crippen LogP contribution is 2.36. The first kappa shape index (κ1) is 12.2. The van der Waals surface area contributed by atoms with E-state index in [4.69, 9.17) is 0 Å². The monoisotopic (exact) mass is 247 g/mol. The minimum absolute atomic E-state index is 0.0418. The Kier molecular flexibility index (Phi) is 2.86. The fourth-order valence-electron chi connectivity index (χ4n) is 2.20. The predicted molar refractivity (Wildman–Crippen MR) is 61.8 cm³/mol. The molecule has 1 fully saturated rings. The molecule has 2 amide bonds. The maximum atomic E-state index is 11.8. The molecule has 1 aliphatic rings. The molecule has 2 rings (SSSR count). The number of nitro benzene ring substituents is 1. The molecule has 0 aliphatic carbocycles. The van der Waals surface area contributed by atoms with Crippen LogP contribution in [0.3, 0.4) is 0 Å². The Morgan fingerprint density at radius 2 is 1.94 bits per heavy atom. The van der Waals surface area contributed by atoms with Gasteiger partial charge in [0.25, 0.3) is 11.6 Å². The van der Waals surface area contributed by atoms with E-state index in [-0.39, 0.29) is 12.1 Å². The van der Waals surface area contributed by atoms with Gasteiger partial charge in [0.15, 0.2) is 0 Å². The maximum Gasteiger partial charge on any atom is 0.269 e. The summed E-state index contributed by atoms with van der Waals surface area (Å²) < 4.78 is 0. The quantitative estimate of drug-likeness (QED) is 0.457. The van der Waals surface area contributed by atoms with Crippen molar-refractivity contribution in [1.82, 2.24) is 5.32 Å². The van der Waals surface area contributed by atoms with Crippen molar-refractivity contribution >= 4 is 17.5 Å². The lowest BCUT2D eigenvalue weighted by Crippen LogP contribution is -2.32. The van der Waals surface area contributed by atoms with E-state index >= 15 is 0 Å². The van der Waals surface area contributed by atoms with E-state index < -0.39 is 22.2 Å². The van der Waals surface area contributed by atoms with Gasteiger partial charge in [-0.25, -0.2) is 0 Å². The molecule has 1 aromatic rings. The van der Waals surface area contributed by atoms with E-state index in [1.165, 1.54) is 24.3 Å². The second-order valence-corrected chi connectivity index (χ2v) is 4.23. The van der Waals surface area contributed by atoms with Crippen molar-refractivity contribution in [2.24, 2.45) is 0 Å². The summed E-state index contributed by atoms with van der Waals surface area (Å²) in [7, 11) is 0. The van der Waals surface area contributed by atoms with Crippen molar-refractivity contribution in [3.63, 3.8) is 0 Å². The van der Waals surface area contributed by atoms with Crippen molar-refractivity contribution in [1.29, 1.82) is 0 Å². The Morgan fingerprint density at radius 3 is 2.33 bits per heavy atom.